The van der Waals surface area contributed by atoms with E-state index in [1.165, 1.54) is 43.3 Å². The number of rotatable bonds is 4. The molecule has 3 heteroatoms. The second-order valence-corrected chi connectivity index (χ2v) is 6.35. The fourth-order valence-corrected chi connectivity index (χ4v) is 2.85. The zero-order valence-electron chi connectivity index (χ0n) is 12.0. The molecule has 0 aromatic heterocycles. The quantitative estimate of drug-likeness (QED) is 0.626. The molecule has 2 rings (SSSR count). The second-order valence-electron chi connectivity index (χ2n) is 5.08. The van der Waals surface area contributed by atoms with Gasteiger partial charge in [0.15, 0.2) is 5.12 Å². The lowest BCUT2D eigenvalue weighted by Gasteiger charge is -2.14. The first-order valence-corrected chi connectivity index (χ1v) is 8.16. The van der Waals surface area contributed by atoms with Crippen molar-refractivity contribution < 1.29 is 4.79 Å². The molecule has 1 aromatic carbocycles. The van der Waals surface area contributed by atoms with Crippen LogP contribution in [0, 0.1) is 11.8 Å². The van der Waals surface area contributed by atoms with E-state index in [4.69, 9.17) is 0 Å². The van der Waals surface area contributed by atoms with Gasteiger partial charge in [0.2, 0.25) is 0 Å². The summed E-state index contributed by atoms with van der Waals surface area (Å²) in [6.07, 6.45) is 3.42. The van der Waals surface area contributed by atoms with Crippen LogP contribution >= 0.6 is 11.8 Å². The Morgan fingerprint density at radius 1 is 1.35 bits per heavy atom. The minimum absolute atomic E-state index is 0.166. The van der Waals surface area contributed by atoms with Gasteiger partial charge in [-0.2, -0.15) is 0 Å². The molecule has 20 heavy (non-hydrogen) atoms. The highest BCUT2D eigenvalue weighted by molar-refractivity contribution is 8.13. The topological polar surface area (TPSA) is 20.3 Å². The summed E-state index contributed by atoms with van der Waals surface area (Å²) in [7, 11) is 0. The van der Waals surface area contributed by atoms with Gasteiger partial charge in [0, 0.05) is 31.2 Å². The molecule has 1 heterocycles. The first kappa shape index (κ1) is 15.2. The number of hydrogen-bond donors (Lipinski definition) is 0. The molecule has 0 spiro atoms. The number of likely N-dealkylation sites (tertiary alicyclic amines) is 1. The maximum Gasteiger partial charge on any atom is 0.185 e. The summed E-state index contributed by atoms with van der Waals surface area (Å²) in [5.74, 6) is 7.12. The van der Waals surface area contributed by atoms with E-state index >= 15 is 0 Å². The number of nitrogens with zero attached hydrogens (tertiary/aromatic N) is 1. The van der Waals surface area contributed by atoms with Crippen LogP contribution in [0.4, 0.5) is 0 Å². The van der Waals surface area contributed by atoms with Gasteiger partial charge in [-0.15, -0.1) is 0 Å². The van der Waals surface area contributed by atoms with Crippen molar-refractivity contribution in [3.8, 4) is 11.8 Å². The fourth-order valence-electron chi connectivity index (χ4n) is 2.36. The third-order valence-electron chi connectivity index (χ3n) is 3.30. The minimum atomic E-state index is 0.166. The monoisotopic (exact) mass is 287 g/mol. The van der Waals surface area contributed by atoms with Crippen LogP contribution in [0.1, 0.15) is 37.3 Å². The molecule has 0 bridgehead atoms. The molecule has 0 amide bonds. The van der Waals surface area contributed by atoms with Crippen molar-refractivity contribution in [2.45, 2.75) is 32.7 Å². The van der Waals surface area contributed by atoms with Crippen molar-refractivity contribution in [1.82, 2.24) is 4.90 Å². The molecule has 1 saturated heterocycles. The van der Waals surface area contributed by atoms with Crippen molar-refractivity contribution in [2.24, 2.45) is 0 Å². The molecular formula is C17H21NOS. The van der Waals surface area contributed by atoms with E-state index in [2.05, 4.69) is 41.0 Å². The zero-order chi connectivity index (χ0) is 14.2. The molecule has 2 nitrogen and oxygen atoms in total. The van der Waals surface area contributed by atoms with Gasteiger partial charge in [0.1, 0.15) is 0 Å². The van der Waals surface area contributed by atoms with Crippen LogP contribution in [-0.4, -0.2) is 28.9 Å². The number of carbonyl (C=O) groups is 1. The molecule has 0 aliphatic carbocycles. The van der Waals surface area contributed by atoms with Crippen molar-refractivity contribution in [3.63, 3.8) is 0 Å². The molecule has 1 aliphatic rings. The van der Waals surface area contributed by atoms with E-state index < -0.39 is 0 Å². The summed E-state index contributed by atoms with van der Waals surface area (Å²) < 4.78 is 0. The molecule has 1 aliphatic heterocycles. The maximum absolute atomic E-state index is 10.8. The summed E-state index contributed by atoms with van der Waals surface area (Å²) in [5.41, 5.74) is 2.42. The molecular weight excluding hydrogens is 266 g/mol. The summed E-state index contributed by atoms with van der Waals surface area (Å²) in [6.45, 7) is 5.08. The lowest BCUT2D eigenvalue weighted by atomic mass is 10.1. The third kappa shape index (κ3) is 5.40. The first-order valence-electron chi connectivity index (χ1n) is 7.17. The number of thioether (sulfide) groups is 1. The number of carbonyl (C=O) groups excluding carboxylic acids is 1. The maximum atomic E-state index is 10.8. The molecule has 1 aromatic rings. The van der Waals surface area contributed by atoms with Crippen molar-refractivity contribution in [3.05, 3.63) is 35.4 Å². The number of benzene rings is 1. The fraction of sp³-hybridized carbons (Fsp3) is 0.471. The van der Waals surface area contributed by atoms with E-state index in [1.54, 1.807) is 6.92 Å². The average molecular weight is 287 g/mol. The zero-order valence-corrected chi connectivity index (χ0v) is 12.8. The third-order valence-corrected chi connectivity index (χ3v) is 4.11. The Morgan fingerprint density at radius 3 is 2.90 bits per heavy atom. The standard InChI is InChI=1S/C17H21NOS/c1-15(19)20-12-5-2-7-16-8-6-9-17(13-16)14-18-10-3-4-11-18/h6,8-9,13H,3-5,10-12,14H2,1H3. The van der Waals surface area contributed by atoms with Gasteiger partial charge in [-0.05, 0) is 43.6 Å². The normalized spacial score (nSPS) is 14.8. The molecule has 0 atom stereocenters. The van der Waals surface area contributed by atoms with Gasteiger partial charge in [-0.1, -0.05) is 35.7 Å². The Balaban J connectivity index is 1.85. The number of hydrogen-bond acceptors (Lipinski definition) is 3. The van der Waals surface area contributed by atoms with Gasteiger partial charge in [0.05, 0.1) is 0 Å². The Hall–Kier alpha value is -1.24. The predicted octanol–water partition coefficient (Wildman–Crippen LogP) is 3.30. The van der Waals surface area contributed by atoms with Crippen molar-refractivity contribution in [2.75, 3.05) is 18.8 Å². The predicted molar refractivity (Wildman–Crippen MR) is 85.6 cm³/mol. The van der Waals surface area contributed by atoms with Gasteiger partial charge < -0.3 is 0 Å². The van der Waals surface area contributed by atoms with E-state index in [1.807, 2.05) is 0 Å². The summed E-state index contributed by atoms with van der Waals surface area (Å²) in [6, 6.07) is 8.50. The lowest BCUT2D eigenvalue weighted by Crippen LogP contribution is -2.18. The first-order chi connectivity index (χ1) is 9.74. The Morgan fingerprint density at radius 2 is 2.15 bits per heavy atom. The molecule has 0 unspecified atom stereocenters. The van der Waals surface area contributed by atoms with Crippen LogP contribution in [0.15, 0.2) is 24.3 Å². The summed E-state index contributed by atoms with van der Waals surface area (Å²) in [4.78, 5) is 13.3. The Labute approximate surface area is 125 Å². The highest BCUT2D eigenvalue weighted by atomic mass is 32.2. The van der Waals surface area contributed by atoms with Gasteiger partial charge >= 0.3 is 0 Å². The Kier molecular flexibility index (Phi) is 6.17. The van der Waals surface area contributed by atoms with E-state index in [0.717, 1.165) is 24.3 Å². The van der Waals surface area contributed by atoms with Crippen molar-refractivity contribution in [1.29, 1.82) is 0 Å². The van der Waals surface area contributed by atoms with Crippen LogP contribution in [0.2, 0.25) is 0 Å². The van der Waals surface area contributed by atoms with E-state index in [9.17, 15) is 4.79 Å². The van der Waals surface area contributed by atoms with Crippen LogP contribution in [-0.2, 0) is 11.3 Å². The smallest absolute Gasteiger partial charge is 0.185 e. The van der Waals surface area contributed by atoms with Gasteiger partial charge in [-0.25, -0.2) is 0 Å². The second kappa shape index (κ2) is 8.14. The highest BCUT2D eigenvalue weighted by Gasteiger charge is 2.11. The molecule has 106 valence electrons. The molecule has 0 saturated carbocycles. The Bertz CT molecular complexity index is 509. The highest BCUT2D eigenvalue weighted by Crippen LogP contribution is 2.13. The van der Waals surface area contributed by atoms with E-state index in [0.29, 0.717) is 0 Å². The average Bonchev–Trinajstić information content (AvgIpc) is 2.91. The summed E-state index contributed by atoms with van der Waals surface area (Å²) in [5, 5.41) is 0.166. The molecule has 0 radical (unpaired) electrons. The molecule has 1 fully saturated rings. The minimum Gasteiger partial charge on any atom is -0.299 e. The lowest BCUT2D eigenvalue weighted by molar-refractivity contribution is -0.109. The van der Waals surface area contributed by atoms with Gasteiger partial charge in [0.25, 0.3) is 0 Å². The van der Waals surface area contributed by atoms with Crippen molar-refractivity contribution >= 4 is 16.9 Å². The van der Waals surface area contributed by atoms with Crippen LogP contribution in [0.5, 0.6) is 0 Å². The SMILES string of the molecule is CC(=O)SCCC#Cc1cccc(CN2CCCC2)c1. The van der Waals surface area contributed by atoms with Gasteiger partial charge in [-0.3, -0.25) is 9.69 Å². The molecule has 0 N–H and O–H groups in total. The van der Waals surface area contributed by atoms with E-state index in [-0.39, 0.29) is 5.12 Å². The summed E-state index contributed by atoms with van der Waals surface area (Å²) >= 11 is 1.34. The van der Waals surface area contributed by atoms with Crippen LogP contribution in [0.25, 0.3) is 0 Å². The van der Waals surface area contributed by atoms with Crippen LogP contribution < -0.4 is 0 Å². The largest absolute Gasteiger partial charge is 0.299 e. The van der Waals surface area contributed by atoms with Crippen LogP contribution in [0.3, 0.4) is 0 Å².